The average Bonchev–Trinajstić information content (AvgIpc) is 3.29. The fourth-order valence-corrected chi connectivity index (χ4v) is 4.54. The number of likely N-dealkylation sites (N-methyl/N-ethyl adjacent to an activating group) is 1. The maximum absolute atomic E-state index is 14.0. The number of benzene rings is 1. The Bertz CT molecular complexity index is 1220. The lowest BCUT2D eigenvalue weighted by molar-refractivity contribution is -0.133. The summed E-state index contributed by atoms with van der Waals surface area (Å²) in [7, 11) is 2.03. The minimum absolute atomic E-state index is 0.0497. The van der Waals surface area contributed by atoms with Crippen LogP contribution in [0.3, 0.4) is 0 Å². The molecule has 2 aromatic heterocycles. The Morgan fingerprint density at radius 3 is 2.42 bits per heavy atom. The number of nitrogens with zero attached hydrogens (tertiary/aromatic N) is 7. The van der Waals surface area contributed by atoms with Gasteiger partial charge in [0.1, 0.15) is 17.7 Å². The number of amides is 1. The summed E-state index contributed by atoms with van der Waals surface area (Å²) in [5.41, 5.74) is 0.972. The second-order valence-electron chi connectivity index (χ2n) is 9.10. The zero-order valence-electron chi connectivity index (χ0n) is 20.4. The summed E-state index contributed by atoms with van der Waals surface area (Å²) >= 11 is 0. The second-order valence-corrected chi connectivity index (χ2v) is 9.10. The van der Waals surface area contributed by atoms with E-state index in [1.807, 2.05) is 16.8 Å². The maximum Gasteiger partial charge on any atom is 0.296 e. The van der Waals surface area contributed by atoms with Crippen molar-refractivity contribution in [3.63, 3.8) is 0 Å². The van der Waals surface area contributed by atoms with Crippen molar-refractivity contribution in [2.75, 3.05) is 69.7 Å². The highest BCUT2D eigenvalue weighted by Gasteiger charge is 2.26. The minimum Gasteiger partial charge on any atom is -0.378 e. The maximum atomic E-state index is 14.0. The quantitative estimate of drug-likeness (QED) is 0.551. The molecule has 2 fully saturated rings. The summed E-state index contributed by atoms with van der Waals surface area (Å²) in [6, 6.07) is 8.05. The molecule has 1 N–H and O–H groups in total. The van der Waals surface area contributed by atoms with Gasteiger partial charge in [-0.15, -0.1) is 0 Å². The van der Waals surface area contributed by atoms with E-state index >= 15 is 0 Å². The van der Waals surface area contributed by atoms with E-state index in [0.717, 1.165) is 13.1 Å². The number of aromatic nitrogens is 4. The Kier molecular flexibility index (Phi) is 6.97. The van der Waals surface area contributed by atoms with Crippen molar-refractivity contribution in [3.05, 3.63) is 36.2 Å². The standard InChI is InChI=1S/C24H30F2N8O2/c1-16(23(35)33-9-7-31(2)8-10-33)27-24-29-19(32-11-13-36-14-12-32)15-20(30-24)34-18-6-4-3-5-17(18)28-22(34)21(25)26/h3-6,15-16,21H,7-14H2,1-2H3,(H,27,29,30)/t16-/m0/s1. The van der Waals surface area contributed by atoms with Crippen molar-refractivity contribution in [2.45, 2.75) is 19.4 Å². The van der Waals surface area contributed by atoms with Gasteiger partial charge in [-0.1, -0.05) is 12.1 Å². The Morgan fingerprint density at radius 2 is 1.69 bits per heavy atom. The van der Waals surface area contributed by atoms with Gasteiger partial charge in [-0.2, -0.15) is 9.97 Å². The average molecular weight is 501 g/mol. The molecule has 2 aliphatic heterocycles. The molecule has 0 aliphatic carbocycles. The molecule has 2 aliphatic rings. The lowest BCUT2D eigenvalue weighted by atomic mass is 10.2. The first-order valence-corrected chi connectivity index (χ1v) is 12.1. The second kappa shape index (κ2) is 10.3. The van der Waals surface area contributed by atoms with Crippen LogP contribution in [0.15, 0.2) is 30.3 Å². The van der Waals surface area contributed by atoms with Crippen molar-refractivity contribution < 1.29 is 18.3 Å². The number of hydrogen-bond acceptors (Lipinski definition) is 8. The molecule has 10 nitrogen and oxygen atoms in total. The number of nitrogens with one attached hydrogen (secondary N) is 1. The van der Waals surface area contributed by atoms with Crippen LogP contribution in [-0.4, -0.2) is 101 Å². The van der Waals surface area contributed by atoms with E-state index in [1.54, 1.807) is 37.3 Å². The molecule has 1 aromatic carbocycles. The first-order chi connectivity index (χ1) is 17.4. The van der Waals surface area contributed by atoms with Crippen LogP contribution in [0.25, 0.3) is 16.9 Å². The van der Waals surface area contributed by atoms with Crippen molar-refractivity contribution in [3.8, 4) is 5.82 Å². The number of imidazole rings is 1. The van der Waals surface area contributed by atoms with Gasteiger partial charge < -0.3 is 24.8 Å². The summed E-state index contributed by atoms with van der Waals surface area (Å²) in [5, 5.41) is 3.12. The molecule has 0 bridgehead atoms. The van der Waals surface area contributed by atoms with Crippen LogP contribution in [0, 0.1) is 0 Å². The molecular weight excluding hydrogens is 470 g/mol. The van der Waals surface area contributed by atoms with Crippen LogP contribution >= 0.6 is 0 Å². The number of halogens is 2. The van der Waals surface area contributed by atoms with Crippen molar-refractivity contribution in [1.82, 2.24) is 29.3 Å². The summed E-state index contributed by atoms with van der Waals surface area (Å²) in [5.74, 6) is 0.587. The first-order valence-electron chi connectivity index (χ1n) is 12.1. The topological polar surface area (TPSA) is 91.6 Å². The highest BCUT2D eigenvalue weighted by atomic mass is 19.3. The smallest absolute Gasteiger partial charge is 0.296 e. The molecule has 1 amide bonds. The van der Waals surface area contributed by atoms with Crippen molar-refractivity contribution in [2.24, 2.45) is 0 Å². The van der Waals surface area contributed by atoms with Crippen LogP contribution < -0.4 is 10.2 Å². The Hall–Kier alpha value is -3.38. The molecule has 2 saturated heterocycles. The van der Waals surface area contributed by atoms with E-state index in [2.05, 4.69) is 25.2 Å². The first kappa shape index (κ1) is 24.3. The number of piperazine rings is 1. The van der Waals surface area contributed by atoms with Gasteiger partial charge in [0, 0.05) is 45.3 Å². The van der Waals surface area contributed by atoms with Crippen LogP contribution in [0.1, 0.15) is 19.2 Å². The third-order valence-electron chi connectivity index (χ3n) is 6.58. The van der Waals surface area contributed by atoms with Crippen LogP contribution in [-0.2, 0) is 9.53 Å². The van der Waals surface area contributed by atoms with Gasteiger partial charge in [-0.25, -0.2) is 13.8 Å². The SMILES string of the molecule is C[C@H](Nc1nc(N2CCOCC2)cc(-n2c(C(F)F)nc3ccccc32)n1)C(=O)N1CCN(C)CC1. The Labute approximate surface area is 207 Å². The predicted molar refractivity (Wildman–Crippen MR) is 132 cm³/mol. The lowest BCUT2D eigenvalue weighted by Crippen LogP contribution is -2.51. The van der Waals surface area contributed by atoms with Crippen LogP contribution in [0.5, 0.6) is 0 Å². The number of hydrogen-bond donors (Lipinski definition) is 1. The molecule has 0 saturated carbocycles. The summed E-state index contributed by atoms with van der Waals surface area (Å²) in [6.07, 6.45) is -2.80. The number of anilines is 2. The highest BCUT2D eigenvalue weighted by Crippen LogP contribution is 2.29. The van der Waals surface area contributed by atoms with E-state index in [9.17, 15) is 13.6 Å². The number of fused-ring (bicyclic) bond motifs is 1. The lowest BCUT2D eigenvalue weighted by Gasteiger charge is -2.34. The molecule has 0 unspecified atom stereocenters. The molecule has 3 aromatic rings. The van der Waals surface area contributed by atoms with Gasteiger partial charge in [-0.3, -0.25) is 9.36 Å². The molecule has 0 radical (unpaired) electrons. The normalized spacial score (nSPS) is 18.1. The largest absolute Gasteiger partial charge is 0.378 e. The number of rotatable bonds is 6. The molecule has 5 rings (SSSR count). The van der Waals surface area contributed by atoms with Gasteiger partial charge in [0.25, 0.3) is 6.43 Å². The van der Waals surface area contributed by atoms with Crippen LogP contribution in [0.2, 0.25) is 0 Å². The highest BCUT2D eigenvalue weighted by molar-refractivity contribution is 5.84. The molecule has 0 spiro atoms. The van der Waals surface area contributed by atoms with E-state index in [1.165, 1.54) is 4.57 Å². The predicted octanol–water partition coefficient (Wildman–Crippen LogP) is 2.16. The molecule has 12 heteroatoms. The Balaban J connectivity index is 1.52. The van der Waals surface area contributed by atoms with Gasteiger partial charge in [-0.05, 0) is 26.1 Å². The van der Waals surface area contributed by atoms with Crippen molar-refractivity contribution in [1.29, 1.82) is 0 Å². The Morgan fingerprint density at radius 1 is 1.00 bits per heavy atom. The number of alkyl halides is 2. The molecular formula is C24H30F2N8O2. The van der Waals surface area contributed by atoms with Gasteiger partial charge in [0.2, 0.25) is 11.9 Å². The molecule has 4 heterocycles. The van der Waals surface area contributed by atoms with Crippen LogP contribution in [0.4, 0.5) is 20.5 Å². The summed E-state index contributed by atoms with van der Waals surface area (Å²) in [4.78, 5) is 32.5. The summed E-state index contributed by atoms with van der Waals surface area (Å²) in [6.45, 7) is 7.00. The van der Waals surface area contributed by atoms with Gasteiger partial charge >= 0.3 is 0 Å². The minimum atomic E-state index is -2.80. The van der Waals surface area contributed by atoms with E-state index in [4.69, 9.17) is 4.74 Å². The zero-order valence-corrected chi connectivity index (χ0v) is 20.4. The zero-order chi connectivity index (χ0) is 25.2. The third-order valence-corrected chi connectivity index (χ3v) is 6.58. The van der Waals surface area contributed by atoms with E-state index in [-0.39, 0.29) is 17.7 Å². The molecule has 36 heavy (non-hydrogen) atoms. The number of carbonyl (C=O) groups is 1. The van der Waals surface area contributed by atoms with Crippen molar-refractivity contribution >= 4 is 28.7 Å². The number of ether oxygens (including phenoxy) is 1. The van der Waals surface area contributed by atoms with E-state index < -0.39 is 18.3 Å². The van der Waals surface area contributed by atoms with Gasteiger partial charge in [0.05, 0.1) is 24.2 Å². The number of morpholine rings is 1. The number of carbonyl (C=O) groups excluding carboxylic acids is 1. The monoisotopic (exact) mass is 500 g/mol. The molecule has 1 atom stereocenters. The van der Waals surface area contributed by atoms with E-state index in [0.29, 0.717) is 56.2 Å². The fraction of sp³-hybridized carbons (Fsp3) is 0.500. The third kappa shape index (κ3) is 4.96. The summed E-state index contributed by atoms with van der Waals surface area (Å²) < 4.78 is 34.9. The number of para-hydroxylation sites is 2. The fourth-order valence-electron chi connectivity index (χ4n) is 4.54. The molecule has 192 valence electrons. The van der Waals surface area contributed by atoms with Gasteiger partial charge in [0.15, 0.2) is 5.82 Å².